The van der Waals surface area contributed by atoms with Crippen molar-refractivity contribution >= 4 is 23.2 Å². The standard InChI is InChI=1S/C19H25N3O2S/c1-13(20-14(2)23)5-6-15-7-9-16(10-8-15)17-12-25-18(21-17)11-19(24)22(3)4/h7-10,12-13H,5-6,11H2,1-4H3,(H,20,23)/t13-/m0/s1. The minimum atomic E-state index is 0.00920. The van der Waals surface area contributed by atoms with Crippen LogP contribution in [0.15, 0.2) is 29.6 Å². The van der Waals surface area contributed by atoms with Crippen molar-refractivity contribution in [3.63, 3.8) is 0 Å². The van der Waals surface area contributed by atoms with Crippen LogP contribution >= 0.6 is 11.3 Å². The number of nitrogens with zero attached hydrogens (tertiary/aromatic N) is 2. The maximum atomic E-state index is 11.8. The minimum Gasteiger partial charge on any atom is -0.354 e. The van der Waals surface area contributed by atoms with Crippen molar-refractivity contribution in [2.45, 2.75) is 39.2 Å². The van der Waals surface area contributed by atoms with E-state index in [0.717, 1.165) is 29.1 Å². The quantitative estimate of drug-likeness (QED) is 0.827. The number of benzene rings is 1. The number of rotatable bonds is 7. The van der Waals surface area contributed by atoms with Gasteiger partial charge in [-0.25, -0.2) is 4.98 Å². The molecule has 0 aliphatic rings. The zero-order valence-corrected chi connectivity index (χ0v) is 16.0. The molecular formula is C19H25N3O2S. The average molecular weight is 359 g/mol. The van der Waals surface area contributed by atoms with Crippen LogP contribution in [-0.4, -0.2) is 41.8 Å². The normalized spacial score (nSPS) is 11.8. The zero-order valence-electron chi connectivity index (χ0n) is 15.2. The molecule has 0 bridgehead atoms. The highest BCUT2D eigenvalue weighted by Crippen LogP contribution is 2.23. The Bertz CT molecular complexity index is 723. The summed E-state index contributed by atoms with van der Waals surface area (Å²) in [5.41, 5.74) is 3.20. The van der Waals surface area contributed by atoms with Crippen LogP contribution in [0.3, 0.4) is 0 Å². The summed E-state index contributed by atoms with van der Waals surface area (Å²) in [5.74, 6) is 0.0690. The maximum absolute atomic E-state index is 11.8. The van der Waals surface area contributed by atoms with E-state index in [0.29, 0.717) is 6.42 Å². The molecule has 0 aliphatic carbocycles. The summed E-state index contributed by atoms with van der Waals surface area (Å²) in [5, 5.41) is 5.73. The van der Waals surface area contributed by atoms with Gasteiger partial charge in [-0.1, -0.05) is 24.3 Å². The van der Waals surface area contributed by atoms with Crippen molar-refractivity contribution in [3.05, 3.63) is 40.2 Å². The highest BCUT2D eigenvalue weighted by atomic mass is 32.1. The van der Waals surface area contributed by atoms with Crippen LogP contribution in [-0.2, 0) is 22.4 Å². The Labute approximate surface area is 153 Å². The first kappa shape index (κ1) is 19.1. The summed E-state index contributed by atoms with van der Waals surface area (Å²) in [6.45, 7) is 3.56. The lowest BCUT2D eigenvalue weighted by Gasteiger charge is -2.12. The van der Waals surface area contributed by atoms with Crippen molar-refractivity contribution in [3.8, 4) is 11.3 Å². The second-order valence-corrected chi connectivity index (χ2v) is 7.37. The lowest BCUT2D eigenvalue weighted by molar-refractivity contribution is -0.128. The highest BCUT2D eigenvalue weighted by Gasteiger charge is 2.11. The summed E-state index contributed by atoms with van der Waals surface area (Å²) in [4.78, 5) is 28.9. The molecule has 2 aromatic rings. The molecule has 25 heavy (non-hydrogen) atoms. The van der Waals surface area contributed by atoms with E-state index in [4.69, 9.17) is 0 Å². The molecule has 2 rings (SSSR count). The van der Waals surface area contributed by atoms with E-state index >= 15 is 0 Å². The van der Waals surface area contributed by atoms with Gasteiger partial charge in [0, 0.05) is 38.0 Å². The Morgan fingerprint density at radius 2 is 1.92 bits per heavy atom. The van der Waals surface area contributed by atoms with Crippen molar-refractivity contribution in [2.24, 2.45) is 0 Å². The van der Waals surface area contributed by atoms with Crippen LogP contribution in [0.5, 0.6) is 0 Å². The number of nitrogens with one attached hydrogen (secondary N) is 1. The van der Waals surface area contributed by atoms with E-state index < -0.39 is 0 Å². The molecule has 0 saturated carbocycles. The molecule has 2 amide bonds. The number of hydrogen-bond acceptors (Lipinski definition) is 4. The van der Waals surface area contributed by atoms with Crippen molar-refractivity contribution in [1.82, 2.24) is 15.2 Å². The third-order valence-electron chi connectivity index (χ3n) is 3.92. The molecule has 1 aromatic heterocycles. The molecule has 1 heterocycles. The van der Waals surface area contributed by atoms with E-state index in [2.05, 4.69) is 34.6 Å². The van der Waals surface area contributed by atoms with Gasteiger partial charge in [0.25, 0.3) is 0 Å². The fourth-order valence-electron chi connectivity index (χ4n) is 2.46. The van der Waals surface area contributed by atoms with Crippen LogP contribution in [0.25, 0.3) is 11.3 Å². The van der Waals surface area contributed by atoms with Crippen molar-refractivity contribution in [1.29, 1.82) is 0 Å². The molecule has 0 fully saturated rings. The molecule has 0 saturated heterocycles. The monoisotopic (exact) mass is 359 g/mol. The summed E-state index contributed by atoms with van der Waals surface area (Å²) < 4.78 is 0. The SMILES string of the molecule is CC(=O)N[C@@H](C)CCc1ccc(-c2csc(CC(=O)N(C)C)n2)cc1. The molecule has 0 spiro atoms. The minimum absolute atomic E-state index is 0.00920. The van der Waals surface area contributed by atoms with Gasteiger partial charge in [0.05, 0.1) is 12.1 Å². The van der Waals surface area contributed by atoms with Gasteiger partial charge in [-0.2, -0.15) is 0 Å². The predicted molar refractivity (Wildman–Crippen MR) is 102 cm³/mol. The first-order valence-corrected chi connectivity index (χ1v) is 9.24. The first-order valence-electron chi connectivity index (χ1n) is 8.36. The van der Waals surface area contributed by atoms with E-state index in [9.17, 15) is 9.59 Å². The molecule has 0 aliphatic heterocycles. The highest BCUT2D eigenvalue weighted by molar-refractivity contribution is 7.10. The topological polar surface area (TPSA) is 62.3 Å². The van der Waals surface area contributed by atoms with Crippen LogP contribution < -0.4 is 5.32 Å². The predicted octanol–water partition coefficient (Wildman–Crippen LogP) is 2.90. The molecule has 134 valence electrons. The third kappa shape index (κ3) is 5.98. The van der Waals surface area contributed by atoms with E-state index in [1.165, 1.54) is 16.9 Å². The van der Waals surface area contributed by atoms with Crippen molar-refractivity contribution in [2.75, 3.05) is 14.1 Å². The largest absolute Gasteiger partial charge is 0.354 e. The number of aromatic nitrogens is 1. The second kappa shape index (κ2) is 8.76. The molecule has 0 radical (unpaired) electrons. The van der Waals surface area contributed by atoms with E-state index in [1.54, 1.807) is 25.9 Å². The lowest BCUT2D eigenvalue weighted by atomic mass is 10.0. The van der Waals surface area contributed by atoms with Crippen LogP contribution in [0.2, 0.25) is 0 Å². The summed E-state index contributed by atoms with van der Waals surface area (Å²) in [6.07, 6.45) is 2.17. The number of likely N-dealkylation sites (N-methyl/N-ethyl adjacent to an activating group) is 1. The number of carbonyl (C=O) groups is 2. The molecule has 1 N–H and O–H groups in total. The fraction of sp³-hybridized carbons (Fsp3) is 0.421. The van der Waals surface area contributed by atoms with E-state index in [1.807, 2.05) is 12.3 Å². The molecule has 0 unspecified atom stereocenters. The summed E-state index contributed by atoms with van der Waals surface area (Å²) >= 11 is 1.52. The summed E-state index contributed by atoms with van der Waals surface area (Å²) in [6, 6.07) is 8.49. The van der Waals surface area contributed by atoms with Crippen LogP contribution in [0, 0.1) is 0 Å². The Morgan fingerprint density at radius 3 is 2.52 bits per heavy atom. The molecule has 1 aromatic carbocycles. The molecule has 6 heteroatoms. The van der Waals surface area contributed by atoms with Gasteiger partial charge in [0.15, 0.2) is 0 Å². The molecular weight excluding hydrogens is 334 g/mol. The van der Waals surface area contributed by atoms with Crippen molar-refractivity contribution < 1.29 is 9.59 Å². The zero-order chi connectivity index (χ0) is 18.4. The first-order chi connectivity index (χ1) is 11.8. The third-order valence-corrected chi connectivity index (χ3v) is 4.77. The second-order valence-electron chi connectivity index (χ2n) is 6.43. The van der Waals surface area contributed by atoms with E-state index in [-0.39, 0.29) is 17.9 Å². The fourth-order valence-corrected chi connectivity index (χ4v) is 3.25. The Balaban J connectivity index is 1.95. The number of hydrogen-bond donors (Lipinski definition) is 1. The van der Waals surface area contributed by atoms with Gasteiger partial charge in [-0.3, -0.25) is 9.59 Å². The maximum Gasteiger partial charge on any atom is 0.228 e. The number of carbonyl (C=O) groups excluding carboxylic acids is 2. The molecule has 1 atom stereocenters. The average Bonchev–Trinajstić information content (AvgIpc) is 3.01. The molecule has 5 nitrogen and oxygen atoms in total. The Hall–Kier alpha value is -2.21. The van der Waals surface area contributed by atoms with Gasteiger partial charge in [0.1, 0.15) is 5.01 Å². The smallest absolute Gasteiger partial charge is 0.228 e. The number of thiazole rings is 1. The lowest BCUT2D eigenvalue weighted by Crippen LogP contribution is -2.30. The number of aryl methyl sites for hydroxylation is 1. The van der Waals surface area contributed by atoms with Gasteiger partial charge in [-0.15, -0.1) is 11.3 Å². The Kier molecular flexibility index (Phi) is 6.70. The Morgan fingerprint density at radius 1 is 1.24 bits per heavy atom. The van der Waals surface area contributed by atoms with Crippen LogP contribution in [0.1, 0.15) is 30.8 Å². The van der Waals surface area contributed by atoms with Gasteiger partial charge < -0.3 is 10.2 Å². The summed E-state index contributed by atoms with van der Waals surface area (Å²) in [7, 11) is 3.50. The van der Waals surface area contributed by atoms with Gasteiger partial charge in [-0.05, 0) is 25.3 Å². The van der Waals surface area contributed by atoms with Crippen LogP contribution in [0.4, 0.5) is 0 Å². The van der Waals surface area contributed by atoms with Gasteiger partial charge in [0.2, 0.25) is 11.8 Å². The number of amides is 2. The van der Waals surface area contributed by atoms with Gasteiger partial charge >= 0.3 is 0 Å².